The Kier molecular flexibility index (Phi) is 5.88. The smallest absolute Gasteiger partial charge is 0.326 e. The number of carbonyl (C=O) groups is 3. The number of hydrogen-bond donors (Lipinski definition) is 2. The number of hydrogen-bond acceptors (Lipinski definition) is 3. The van der Waals surface area contributed by atoms with Crippen molar-refractivity contribution < 1.29 is 19.5 Å². The van der Waals surface area contributed by atoms with E-state index in [-0.39, 0.29) is 29.7 Å². The fourth-order valence-electron chi connectivity index (χ4n) is 5.20. The molecular formula is C23H30N2O4. The van der Waals surface area contributed by atoms with E-state index in [1.165, 1.54) is 0 Å². The standard InChI is InChI=1S/C23H30N2O4/c26-21(15-5-1-2-6-15)24-19-11-9-16(10-12-19)22(27)25-14-18-8-4-3-7-17(18)13-20(25)23(28)29/h3-4,7-8,15-16,19-20H,1-2,5-6,9-14H2,(H,24,26)(H,28,29). The molecule has 6 heteroatoms. The van der Waals surface area contributed by atoms with Gasteiger partial charge in [0, 0.05) is 30.8 Å². The summed E-state index contributed by atoms with van der Waals surface area (Å²) in [6.07, 6.45) is 7.63. The Morgan fingerprint density at radius 3 is 2.21 bits per heavy atom. The van der Waals surface area contributed by atoms with Gasteiger partial charge in [-0.05, 0) is 49.7 Å². The van der Waals surface area contributed by atoms with Crippen LogP contribution in [0.5, 0.6) is 0 Å². The van der Waals surface area contributed by atoms with E-state index in [0.717, 1.165) is 49.7 Å². The number of fused-ring (bicyclic) bond motifs is 1. The fourth-order valence-corrected chi connectivity index (χ4v) is 5.20. The fraction of sp³-hybridized carbons (Fsp3) is 0.609. The molecule has 2 aliphatic carbocycles. The second kappa shape index (κ2) is 8.56. The molecule has 0 bridgehead atoms. The number of carbonyl (C=O) groups excluding carboxylic acids is 2. The molecule has 2 fully saturated rings. The van der Waals surface area contributed by atoms with E-state index < -0.39 is 12.0 Å². The molecule has 2 amide bonds. The number of rotatable bonds is 4. The summed E-state index contributed by atoms with van der Waals surface area (Å²) in [5.41, 5.74) is 2.05. The van der Waals surface area contributed by atoms with Gasteiger partial charge in [0.1, 0.15) is 6.04 Å². The highest BCUT2D eigenvalue weighted by Crippen LogP contribution is 2.31. The van der Waals surface area contributed by atoms with Crippen molar-refractivity contribution in [1.29, 1.82) is 0 Å². The third-order valence-corrected chi connectivity index (χ3v) is 6.97. The van der Waals surface area contributed by atoms with Gasteiger partial charge < -0.3 is 15.3 Å². The van der Waals surface area contributed by atoms with Gasteiger partial charge in [0.05, 0.1) is 0 Å². The molecule has 29 heavy (non-hydrogen) atoms. The van der Waals surface area contributed by atoms with Crippen molar-refractivity contribution in [2.75, 3.05) is 0 Å². The average molecular weight is 399 g/mol. The Bertz CT molecular complexity index is 779. The van der Waals surface area contributed by atoms with E-state index in [0.29, 0.717) is 25.8 Å². The number of carboxylic acids is 1. The zero-order valence-corrected chi connectivity index (χ0v) is 16.8. The van der Waals surface area contributed by atoms with Crippen LogP contribution in [0.2, 0.25) is 0 Å². The molecule has 1 atom stereocenters. The van der Waals surface area contributed by atoms with E-state index in [1.54, 1.807) is 4.90 Å². The zero-order valence-electron chi connectivity index (χ0n) is 16.8. The third-order valence-electron chi connectivity index (χ3n) is 6.97. The minimum atomic E-state index is -0.939. The maximum Gasteiger partial charge on any atom is 0.326 e. The van der Waals surface area contributed by atoms with Crippen LogP contribution in [-0.2, 0) is 27.3 Å². The monoisotopic (exact) mass is 398 g/mol. The summed E-state index contributed by atoms with van der Waals surface area (Å²) in [6.45, 7) is 0.365. The quantitative estimate of drug-likeness (QED) is 0.816. The van der Waals surface area contributed by atoms with Crippen molar-refractivity contribution in [1.82, 2.24) is 10.2 Å². The first-order valence-corrected chi connectivity index (χ1v) is 10.9. The van der Waals surface area contributed by atoms with Gasteiger partial charge in [-0.25, -0.2) is 4.79 Å². The van der Waals surface area contributed by atoms with Crippen molar-refractivity contribution in [3.8, 4) is 0 Å². The number of nitrogens with zero attached hydrogens (tertiary/aromatic N) is 1. The molecule has 156 valence electrons. The zero-order chi connectivity index (χ0) is 20.4. The number of nitrogens with one attached hydrogen (secondary N) is 1. The lowest BCUT2D eigenvalue weighted by molar-refractivity contribution is -0.154. The summed E-state index contributed by atoms with van der Waals surface area (Å²) in [6, 6.07) is 7.12. The van der Waals surface area contributed by atoms with Crippen LogP contribution in [0.1, 0.15) is 62.5 Å². The molecule has 0 aromatic heterocycles. The summed E-state index contributed by atoms with van der Waals surface area (Å²) in [7, 11) is 0. The predicted molar refractivity (Wildman–Crippen MR) is 108 cm³/mol. The number of benzene rings is 1. The van der Waals surface area contributed by atoms with Gasteiger partial charge in [-0.15, -0.1) is 0 Å². The third kappa shape index (κ3) is 4.31. The topological polar surface area (TPSA) is 86.7 Å². The molecule has 0 saturated heterocycles. The van der Waals surface area contributed by atoms with E-state index in [1.807, 2.05) is 24.3 Å². The Morgan fingerprint density at radius 1 is 0.897 bits per heavy atom. The van der Waals surface area contributed by atoms with Crippen LogP contribution in [0.4, 0.5) is 0 Å². The molecule has 0 spiro atoms. The van der Waals surface area contributed by atoms with Gasteiger partial charge in [0.2, 0.25) is 11.8 Å². The van der Waals surface area contributed by atoms with E-state index >= 15 is 0 Å². The highest BCUT2D eigenvalue weighted by atomic mass is 16.4. The Morgan fingerprint density at radius 2 is 1.55 bits per heavy atom. The van der Waals surface area contributed by atoms with Crippen molar-refractivity contribution in [3.05, 3.63) is 35.4 Å². The van der Waals surface area contributed by atoms with Gasteiger partial charge in [-0.2, -0.15) is 0 Å². The molecule has 6 nitrogen and oxygen atoms in total. The molecule has 2 saturated carbocycles. The largest absolute Gasteiger partial charge is 0.480 e. The molecule has 4 rings (SSSR count). The predicted octanol–water partition coefficient (Wildman–Crippen LogP) is 2.89. The van der Waals surface area contributed by atoms with Crippen LogP contribution in [0.15, 0.2) is 24.3 Å². The minimum absolute atomic E-state index is 0.0486. The number of aliphatic carboxylic acids is 1. The van der Waals surface area contributed by atoms with Crippen molar-refractivity contribution in [2.24, 2.45) is 11.8 Å². The lowest BCUT2D eigenvalue weighted by atomic mass is 9.83. The van der Waals surface area contributed by atoms with Crippen LogP contribution >= 0.6 is 0 Å². The second-order valence-corrected chi connectivity index (χ2v) is 8.83. The van der Waals surface area contributed by atoms with Crippen molar-refractivity contribution in [3.63, 3.8) is 0 Å². The first-order chi connectivity index (χ1) is 14.0. The molecule has 1 aliphatic heterocycles. The lowest BCUT2D eigenvalue weighted by Gasteiger charge is -2.38. The highest BCUT2D eigenvalue weighted by Gasteiger charge is 2.38. The highest BCUT2D eigenvalue weighted by molar-refractivity contribution is 5.86. The number of carboxylic acid groups (broad SMARTS) is 1. The van der Waals surface area contributed by atoms with Gasteiger partial charge in [0.15, 0.2) is 0 Å². The maximum atomic E-state index is 13.2. The lowest BCUT2D eigenvalue weighted by Crippen LogP contribution is -2.51. The van der Waals surface area contributed by atoms with Crippen LogP contribution in [0.25, 0.3) is 0 Å². The summed E-state index contributed by atoms with van der Waals surface area (Å²) in [5, 5.41) is 12.9. The Balaban J connectivity index is 1.36. The Labute approximate surface area is 171 Å². The van der Waals surface area contributed by atoms with E-state index in [9.17, 15) is 19.5 Å². The van der Waals surface area contributed by atoms with Crippen LogP contribution in [-0.4, -0.2) is 39.9 Å². The normalized spacial score (nSPS) is 27.3. The Hall–Kier alpha value is -2.37. The van der Waals surface area contributed by atoms with Crippen LogP contribution in [0, 0.1) is 11.8 Å². The van der Waals surface area contributed by atoms with E-state index in [2.05, 4.69) is 5.32 Å². The molecular weight excluding hydrogens is 368 g/mol. The van der Waals surface area contributed by atoms with Crippen LogP contribution in [0.3, 0.4) is 0 Å². The van der Waals surface area contributed by atoms with Gasteiger partial charge in [0.25, 0.3) is 0 Å². The van der Waals surface area contributed by atoms with Crippen molar-refractivity contribution >= 4 is 17.8 Å². The van der Waals surface area contributed by atoms with Gasteiger partial charge in [-0.1, -0.05) is 37.1 Å². The maximum absolute atomic E-state index is 13.2. The van der Waals surface area contributed by atoms with E-state index in [4.69, 9.17) is 0 Å². The molecule has 1 heterocycles. The molecule has 2 N–H and O–H groups in total. The molecule has 0 radical (unpaired) electrons. The first-order valence-electron chi connectivity index (χ1n) is 10.9. The summed E-state index contributed by atoms with van der Waals surface area (Å²) >= 11 is 0. The summed E-state index contributed by atoms with van der Waals surface area (Å²) in [5.74, 6) is -0.797. The number of amides is 2. The first kappa shape index (κ1) is 19.9. The SMILES string of the molecule is O=C(NC1CCC(C(=O)N2Cc3ccccc3CC2C(=O)O)CC1)C1CCCC1. The molecule has 1 aromatic rings. The van der Waals surface area contributed by atoms with Gasteiger partial charge in [-0.3, -0.25) is 9.59 Å². The van der Waals surface area contributed by atoms with Gasteiger partial charge >= 0.3 is 5.97 Å². The molecule has 3 aliphatic rings. The minimum Gasteiger partial charge on any atom is -0.480 e. The summed E-state index contributed by atoms with van der Waals surface area (Å²) < 4.78 is 0. The molecule has 1 aromatic carbocycles. The second-order valence-electron chi connectivity index (χ2n) is 8.83. The summed E-state index contributed by atoms with van der Waals surface area (Å²) in [4.78, 5) is 38.9. The van der Waals surface area contributed by atoms with Crippen molar-refractivity contribution in [2.45, 2.75) is 76.4 Å². The average Bonchev–Trinajstić information content (AvgIpc) is 3.28. The molecule has 1 unspecified atom stereocenters. The van der Waals surface area contributed by atoms with Crippen LogP contribution < -0.4 is 5.32 Å².